The molecular formula is C15H24BrNO4. The highest BCUT2D eigenvalue weighted by atomic mass is 79.9. The molecule has 0 aliphatic rings. The van der Waals surface area contributed by atoms with Crippen LogP contribution in [0.3, 0.4) is 0 Å². The summed E-state index contributed by atoms with van der Waals surface area (Å²) in [5.74, 6) is 0.799. The first kappa shape index (κ1) is 18.4. The van der Waals surface area contributed by atoms with Crippen molar-refractivity contribution in [2.45, 2.75) is 13.0 Å². The van der Waals surface area contributed by atoms with E-state index in [2.05, 4.69) is 15.9 Å². The van der Waals surface area contributed by atoms with E-state index in [1.807, 2.05) is 25.1 Å². The zero-order valence-electron chi connectivity index (χ0n) is 12.6. The van der Waals surface area contributed by atoms with Crippen molar-refractivity contribution in [2.75, 3.05) is 46.8 Å². The van der Waals surface area contributed by atoms with Gasteiger partial charge in [0.2, 0.25) is 0 Å². The molecule has 6 heteroatoms. The fraction of sp³-hybridized carbons (Fsp3) is 0.600. The summed E-state index contributed by atoms with van der Waals surface area (Å²) in [5.41, 5.74) is 6.91. The third-order valence-corrected chi connectivity index (χ3v) is 3.24. The van der Waals surface area contributed by atoms with Crippen molar-refractivity contribution in [2.24, 2.45) is 5.73 Å². The van der Waals surface area contributed by atoms with Crippen LogP contribution in [0.4, 0.5) is 0 Å². The van der Waals surface area contributed by atoms with E-state index in [4.69, 9.17) is 24.7 Å². The third-order valence-electron chi connectivity index (χ3n) is 2.75. The minimum Gasteiger partial charge on any atom is -0.491 e. The smallest absolute Gasteiger partial charge is 0.124 e. The molecule has 0 spiro atoms. The first-order valence-electron chi connectivity index (χ1n) is 6.97. The van der Waals surface area contributed by atoms with Crippen LogP contribution in [0.2, 0.25) is 0 Å². The van der Waals surface area contributed by atoms with E-state index in [-0.39, 0.29) is 6.04 Å². The summed E-state index contributed by atoms with van der Waals surface area (Å²) < 4.78 is 22.3. The van der Waals surface area contributed by atoms with Gasteiger partial charge in [-0.2, -0.15) is 0 Å². The number of benzene rings is 1. The van der Waals surface area contributed by atoms with Gasteiger partial charge in [-0.25, -0.2) is 0 Å². The summed E-state index contributed by atoms with van der Waals surface area (Å²) in [6.07, 6.45) is 0. The molecule has 1 aromatic rings. The molecule has 1 atom stereocenters. The van der Waals surface area contributed by atoms with Crippen molar-refractivity contribution in [3.63, 3.8) is 0 Å². The molecule has 0 aromatic heterocycles. The molecule has 0 unspecified atom stereocenters. The van der Waals surface area contributed by atoms with Crippen molar-refractivity contribution in [3.8, 4) is 5.75 Å². The molecule has 1 rings (SSSR count). The summed E-state index contributed by atoms with van der Waals surface area (Å²) in [5, 5.41) is 0. The molecule has 21 heavy (non-hydrogen) atoms. The quantitative estimate of drug-likeness (QED) is 0.613. The molecule has 0 aliphatic carbocycles. The predicted octanol–water partition coefficient (Wildman–Crippen LogP) is 2.53. The van der Waals surface area contributed by atoms with E-state index in [1.54, 1.807) is 7.11 Å². The summed E-state index contributed by atoms with van der Waals surface area (Å²) in [7, 11) is 1.65. The maximum absolute atomic E-state index is 5.93. The molecule has 0 saturated carbocycles. The minimum atomic E-state index is -0.0763. The Bertz CT molecular complexity index is 401. The number of rotatable bonds is 11. The van der Waals surface area contributed by atoms with Crippen molar-refractivity contribution in [1.82, 2.24) is 0 Å². The van der Waals surface area contributed by atoms with Gasteiger partial charge in [0, 0.05) is 23.2 Å². The van der Waals surface area contributed by atoms with Crippen LogP contribution in [0.15, 0.2) is 22.7 Å². The van der Waals surface area contributed by atoms with Gasteiger partial charge >= 0.3 is 0 Å². The highest BCUT2D eigenvalue weighted by Crippen LogP contribution is 2.27. The van der Waals surface area contributed by atoms with E-state index in [9.17, 15) is 0 Å². The first-order valence-corrected chi connectivity index (χ1v) is 7.76. The second-order valence-corrected chi connectivity index (χ2v) is 5.45. The maximum Gasteiger partial charge on any atom is 0.124 e. The number of methoxy groups -OCH3 is 1. The number of nitrogens with two attached hydrogens (primary N) is 1. The van der Waals surface area contributed by atoms with Crippen LogP contribution in [0.25, 0.3) is 0 Å². The standard InChI is InChI=1S/C15H24BrNO4/c1-12(17)14-11-13(16)3-4-15(14)21-10-9-20-8-7-19-6-5-18-2/h3-4,11-12H,5-10,17H2,1-2H3/t12-/m0/s1. The largest absolute Gasteiger partial charge is 0.491 e. The lowest BCUT2D eigenvalue weighted by Crippen LogP contribution is -2.14. The topological polar surface area (TPSA) is 62.9 Å². The molecule has 0 amide bonds. The van der Waals surface area contributed by atoms with Gasteiger partial charge in [-0.3, -0.25) is 0 Å². The lowest BCUT2D eigenvalue weighted by atomic mass is 10.1. The monoisotopic (exact) mass is 361 g/mol. The second kappa shape index (κ2) is 11.0. The van der Waals surface area contributed by atoms with Gasteiger partial charge in [0.05, 0.1) is 33.0 Å². The van der Waals surface area contributed by atoms with E-state index >= 15 is 0 Å². The van der Waals surface area contributed by atoms with Gasteiger partial charge in [0.1, 0.15) is 12.4 Å². The zero-order valence-corrected chi connectivity index (χ0v) is 14.2. The Kier molecular flexibility index (Phi) is 9.62. The molecule has 0 bridgehead atoms. The van der Waals surface area contributed by atoms with Crippen molar-refractivity contribution < 1.29 is 18.9 Å². The van der Waals surface area contributed by atoms with Crippen LogP contribution in [-0.2, 0) is 14.2 Å². The highest BCUT2D eigenvalue weighted by Gasteiger charge is 2.08. The second-order valence-electron chi connectivity index (χ2n) is 4.54. The Morgan fingerprint density at radius 3 is 2.29 bits per heavy atom. The highest BCUT2D eigenvalue weighted by molar-refractivity contribution is 9.10. The molecule has 0 fully saturated rings. The fourth-order valence-corrected chi connectivity index (χ4v) is 2.06. The van der Waals surface area contributed by atoms with Gasteiger partial charge in [0.15, 0.2) is 0 Å². The van der Waals surface area contributed by atoms with Crippen LogP contribution in [0.5, 0.6) is 5.75 Å². The molecule has 1 aromatic carbocycles. The van der Waals surface area contributed by atoms with E-state index in [0.717, 1.165) is 15.8 Å². The lowest BCUT2D eigenvalue weighted by molar-refractivity contribution is 0.0179. The average molecular weight is 362 g/mol. The molecule has 5 nitrogen and oxygen atoms in total. The van der Waals surface area contributed by atoms with E-state index < -0.39 is 0 Å². The van der Waals surface area contributed by atoms with Crippen molar-refractivity contribution >= 4 is 15.9 Å². The summed E-state index contributed by atoms with van der Waals surface area (Å²) in [6.45, 7) is 5.24. The predicted molar refractivity (Wildman–Crippen MR) is 85.8 cm³/mol. The van der Waals surface area contributed by atoms with E-state index in [1.165, 1.54) is 0 Å². The molecular weight excluding hydrogens is 338 g/mol. The van der Waals surface area contributed by atoms with Crippen LogP contribution >= 0.6 is 15.9 Å². The molecule has 120 valence electrons. The average Bonchev–Trinajstić information content (AvgIpc) is 2.46. The Balaban J connectivity index is 2.18. The first-order chi connectivity index (χ1) is 10.1. The Hall–Kier alpha value is -0.660. The Morgan fingerprint density at radius 1 is 1.05 bits per heavy atom. The summed E-state index contributed by atoms with van der Waals surface area (Å²) >= 11 is 3.43. The number of hydrogen-bond acceptors (Lipinski definition) is 5. The molecule has 0 aliphatic heterocycles. The zero-order chi connectivity index (χ0) is 15.5. The summed E-state index contributed by atoms with van der Waals surface area (Å²) in [6, 6.07) is 5.75. The SMILES string of the molecule is COCCOCCOCCOc1ccc(Br)cc1[C@H](C)N. The van der Waals surface area contributed by atoms with Crippen LogP contribution in [-0.4, -0.2) is 46.8 Å². The third kappa shape index (κ3) is 7.78. The fourth-order valence-electron chi connectivity index (χ4n) is 1.68. The Morgan fingerprint density at radius 2 is 1.67 bits per heavy atom. The number of halogens is 1. The van der Waals surface area contributed by atoms with Crippen LogP contribution in [0.1, 0.15) is 18.5 Å². The molecule has 2 N–H and O–H groups in total. The minimum absolute atomic E-state index is 0.0763. The number of hydrogen-bond donors (Lipinski definition) is 1. The number of ether oxygens (including phenoxy) is 4. The van der Waals surface area contributed by atoms with Gasteiger partial charge < -0.3 is 24.7 Å². The van der Waals surface area contributed by atoms with Gasteiger partial charge in [-0.1, -0.05) is 15.9 Å². The van der Waals surface area contributed by atoms with Crippen LogP contribution in [0, 0.1) is 0 Å². The van der Waals surface area contributed by atoms with Gasteiger partial charge in [0.25, 0.3) is 0 Å². The molecule has 0 heterocycles. The van der Waals surface area contributed by atoms with Gasteiger partial charge in [-0.05, 0) is 25.1 Å². The maximum atomic E-state index is 5.93. The molecule has 0 saturated heterocycles. The van der Waals surface area contributed by atoms with Crippen molar-refractivity contribution in [3.05, 3.63) is 28.2 Å². The van der Waals surface area contributed by atoms with Crippen molar-refractivity contribution in [1.29, 1.82) is 0 Å². The molecule has 0 radical (unpaired) electrons. The Labute approximate surface area is 134 Å². The normalized spacial score (nSPS) is 12.4. The summed E-state index contributed by atoms with van der Waals surface area (Å²) in [4.78, 5) is 0. The van der Waals surface area contributed by atoms with Gasteiger partial charge in [-0.15, -0.1) is 0 Å². The lowest BCUT2D eigenvalue weighted by Gasteiger charge is -2.14. The van der Waals surface area contributed by atoms with Crippen LogP contribution < -0.4 is 10.5 Å². The van der Waals surface area contributed by atoms with E-state index in [0.29, 0.717) is 39.6 Å².